The Balaban J connectivity index is 1.59. The number of ether oxygens (including phenoxy) is 1. The van der Waals surface area contributed by atoms with Gasteiger partial charge in [0.1, 0.15) is 11.3 Å². The summed E-state index contributed by atoms with van der Waals surface area (Å²) in [6.07, 6.45) is 4.54. The smallest absolute Gasteiger partial charge is 0.234 e. The van der Waals surface area contributed by atoms with Crippen LogP contribution >= 0.6 is 11.8 Å². The lowest BCUT2D eigenvalue weighted by Gasteiger charge is -2.39. The zero-order valence-electron chi connectivity index (χ0n) is 18.9. The number of para-hydroxylation sites is 1. The predicted octanol–water partition coefficient (Wildman–Crippen LogP) is 4.72. The Hall–Kier alpha value is -3.31. The molecule has 0 radical (unpaired) electrons. The molecule has 0 saturated heterocycles. The number of nitriles is 1. The topological polar surface area (TPSA) is 84.0 Å². The summed E-state index contributed by atoms with van der Waals surface area (Å²) in [5.74, 6) is 1.57. The molecular weight excluding hydrogens is 434 g/mol. The van der Waals surface area contributed by atoms with Crippen molar-refractivity contribution in [1.82, 2.24) is 19.7 Å². The standard InChI is InChI=1S/C25H27N5O2S/c1-29(25(18-26)15-7-4-8-16-25)22(31)17-33-24-28-27-23(19-11-13-21(32-2)14-12-19)30(24)20-9-5-3-6-10-20/h3,5-6,9-14H,4,7-8,15-17H2,1-2H3. The van der Waals surface area contributed by atoms with Crippen molar-refractivity contribution >= 4 is 17.7 Å². The van der Waals surface area contributed by atoms with E-state index >= 15 is 0 Å². The summed E-state index contributed by atoms with van der Waals surface area (Å²) in [5.41, 5.74) is 1.11. The van der Waals surface area contributed by atoms with Crippen LogP contribution in [0.15, 0.2) is 59.8 Å². The van der Waals surface area contributed by atoms with E-state index in [9.17, 15) is 10.1 Å². The largest absolute Gasteiger partial charge is 0.497 e. The summed E-state index contributed by atoms with van der Waals surface area (Å²) >= 11 is 1.34. The molecule has 2 aromatic carbocycles. The van der Waals surface area contributed by atoms with E-state index in [1.807, 2.05) is 59.2 Å². The van der Waals surface area contributed by atoms with E-state index in [0.717, 1.165) is 49.1 Å². The van der Waals surface area contributed by atoms with Crippen LogP contribution in [0.3, 0.4) is 0 Å². The van der Waals surface area contributed by atoms with Crippen LogP contribution in [0.2, 0.25) is 0 Å². The van der Waals surface area contributed by atoms with Crippen LogP contribution < -0.4 is 4.74 Å². The lowest BCUT2D eigenvalue weighted by molar-refractivity contribution is -0.131. The molecule has 1 saturated carbocycles. The SMILES string of the molecule is COc1ccc(-c2nnc(SCC(=O)N(C)C3(C#N)CCCCC3)n2-c2ccccc2)cc1. The monoisotopic (exact) mass is 461 g/mol. The van der Waals surface area contributed by atoms with E-state index in [4.69, 9.17) is 4.74 Å². The number of methoxy groups -OCH3 is 1. The highest BCUT2D eigenvalue weighted by Gasteiger charge is 2.38. The molecule has 1 aliphatic rings. The number of amides is 1. The first-order valence-corrected chi connectivity index (χ1v) is 12.0. The predicted molar refractivity (Wildman–Crippen MR) is 128 cm³/mol. The van der Waals surface area contributed by atoms with Crippen LogP contribution in [0.1, 0.15) is 32.1 Å². The molecule has 1 fully saturated rings. The lowest BCUT2D eigenvalue weighted by Crippen LogP contribution is -2.50. The first kappa shape index (κ1) is 22.9. The first-order valence-electron chi connectivity index (χ1n) is 11.0. The molecule has 1 aliphatic carbocycles. The summed E-state index contributed by atoms with van der Waals surface area (Å²) in [6.45, 7) is 0. The maximum atomic E-state index is 13.1. The van der Waals surface area contributed by atoms with Gasteiger partial charge in [0, 0.05) is 18.3 Å². The number of hydrogen-bond acceptors (Lipinski definition) is 6. The molecule has 3 aromatic rings. The van der Waals surface area contributed by atoms with Crippen molar-refractivity contribution in [2.45, 2.75) is 42.8 Å². The summed E-state index contributed by atoms with van der Waals surface area (Å²) in [5, 5.41) is 19.3. The molecule has 0 aliphatic heterocycles. The fourth-order valence-electron chi connectivity index (χ4n) is 4.22. The Morgan fingerprint density at radius 1 is 1.12 bits per heavy atom. The average molecular weight is 462 g/mol. The van der Waals surface area contributed by atoms with E-state index in [1.54, 1.807) is 19.1 Å². The highest BCUT2D eigenvalue weighted by molar-refractivity contribution is 7.99. The molecule has 1 heterocycles. The zero-order valence-corrected chi connectivity index (χ0v) is 19.7. The van der Waals surface area contributed by atoms with E-state index in [-0.39, 0.29) is 11.7 Å². The van der Waals surface area contributed by atoms with Crippen molar-refractivity contribution in [2.24, 2.45) is 0 Å². The average Bonchev–Trinajstić information content (AvgIpc) is 3.31. The van der Waals surface area contributed by atoms with Gasteiger partial charge in [0.25, 0.3) is 0 Å². The number of hydrogen-bond donors (Lipinski definition) is 0. The fourth-order valence-corrected chi connectivity index (χ4v) is 5.09. The molecule has 33 heavy (non-hydrogen) atoms. The molecule has 0 bridgehead atoms. The molecule has 8 heteroatoms. The van der Waals surface area contributed by atoms with E-state index in [0.29, 0.717) is 11.0 Å². The zero-order chi connectivity index (χ0) is 23.3. The normalized spacial score (nSPS) is 14.9. The summed E-state index contributed by atoms with van der Waals surface area (Å²) in [7, 11) is 3.39. The van der Waals surface area contributed by atoms with E-state index in [2.05, 4.69) is 16.3 Å². The highest BCUT2D eigenvalue weighted by atomic mass is 32.2. The number of thioether (sulfide) groups is 1. The minimum atomic E-state index is -0.697. The van der Waals surface area contributed by atoms with Crippen LogP contribution in [0.5, 0.6) is 5.75 Å². The third kappa shape index (κ3) is 4.74. The van der Waals surface area contributed by atoms with Gasteiger partial charge >= 0.3 is 0 Å². The Morgan fingerprint density at radius 2 is 1.82 bits per heavy atom. The second kappa shape index (κ2) is 10.1. The van der Waals surface area contributed by atoms with Crippen molar-refractivity contribution in [3.05, 3.63) is 54.6 Å². The molecule has 170 valence electrons. The Morgan fingerprint density at radius 3 is 2.45 bits per heavy atom. The molecule has 1 amide bonds. The molecule has 0 N–H and O–H groups in total. The van der Waals surface area contributed by atoms with Crippen molar-refractivity contribution < 1.29 is 9.53 Å². The van der Waals surface area contributed by atoms with E-state index in [1.165, 1.54) is 11.8 Å². The van der Waals surface area contributed by atoms with Gasteiger partial charge in [0.2, 0.25) is 5.91 Å². The van der Waals surface area contributed by atoms with Crippen LogP contribution in [-0.4, -0.2) is 51.0 Å². The van der Waals surface area contributed by atoms with Crippen molar-refractivity contribution in [3.63, 3.8) is 0 Å². The quantitative estimate of drug-likeness (QED) is 0.474. The van der Waals surface area contributed by atoms with Gasteiger partial charge in [-0.2, -0.15) is 5.26 Å². The first-order chi connectivity index (χ1) is 16.1. The molecule has 0 unspecified atom stereocenters. The van der Waals surface area contributed by atoms with Gasteiger partial charge in [0.15, 0.2) is 11.0 Å². The molecule has 1 aromatic heterocycles. The van der Waals surface area contributed by atoms with Crippen LogP contribution in [-0.2, 0) is 4.79 Å². The molecule has 0 spiro atoms. The Kier molecular flexibility index (Phi) is 6.99. The maximum absolute atomic E-state index is 13.1. The highest BCUT2D eigenvalue weighted by Crippen LogP contribution is 2.34. The van der Waals surface area contributed by atoms with Crippen molar-refractivity contribution in [2.75, 3.05) is 19.9 Å². The van der Waals surface area contributed by atoms with Gasteiger partial charge < -0.3 is 9.64 Å². The number of aromatic nitrogens is 3. The van der Waals surface area contributed by atoms with Gasteiger partial charge in [-0.25, -0.2) is 0 Å². The lowest BCUT2D eigenvalue weighted by atomic mass is 9.81. The summed E-state index contributed by atoms with van der Waals surface area (Å²) < 4.78 is 7.23. The molecule has 0 atom stereocenters. The van der Waals surface area contributed by atoms with E-state index < -0.39 is 5.54 Å². The Bertz CT molecular complexity index is 1130. The van der Waals surface area contributed by atoms with Gasteiger partial charge in [-0.1, -0.05) is 49.2 Å². The molecular formula is C25H27N5O2S. The number of carbonyl (C=O) groups excluding carboxylic acids is 1. The van der Waals surface area contributed by atoms with Crippen LogP contribution in [0.25, 0.3) is 17.1 Å². The molecule has 4 rings (SSSR count). The minimum Gasteiger partial charge on any atom is -0.497 e. The fraction of sp³-hybridized carbons (Fsp3) is 0.360. The second-order valence-electron chi connectivity index (χ2n) is 8.15. The van der Waals surface area contributed by atoms with Crippen molar-refractivity contribution in [1.29, 1.82) is 5.26 Å². The minimum absolute atomic E-state index is 0.0722. The second-order valence-corrected chi connectivity index (χ2v) is 9.09. The van der Waals surface area contributed by atoms with Gasteiger partial charge in [-0.05, 0) is 49.2 Å². The maximum Gasteiger partial charge on any atom is 0.234 e. The number of carbonyl (C=O) groups is 1. The van der Waals surface area contributed by atoms with Gasteiger partial charge in [0.05, 0.1) is 18.9 Å². The third-order valence-corrected chi connectivity index (χ3v) is 7.14. The van der Waals surface area contributed by atoms with Crippen LogP contribution in [0.4, 0.5) is 0 Å². The Labute approximate surface area is 198 Å². The number of benzene rings is 2. The van der Waals surface area contributed by atoms with Crippen LogP contribution in [0, 0.1) is 11.3 Å². The number of nitrogens with zero attached hydrogens (tertiary/aromatic N) is 5. The van der Waals surface area contributed by atoms with Gasteiger partial charge in [-0.3, -0.25) is 9.36 Å². The summed E-state index contributed by atoms with van der Waals surface area (Å²) in [4.78, 5) is 14.7. The summed E-state index contributed by atoms with van der Waals surface area (Å²) in [6, 6.07) is 19.9. The van der Waals surface area contributed by atoms with Gasteiger partial charge in [-0.15, -0.1) is 10.2 Å². The molecule has 7 nitrogen and oxygen atoms in total. The third-order valence-electron chi connectivity index (χ3n) is 6.23. The number of rotatable bonds is 7. The van der Waals surface area contributed by atoms with Crippen molar-refractivity contribution in [3.8, 4) is 28.9 Å².